The molecule has 0 bridgehead atoms. The van der Waals surface area contributed by atoms with Gasteiger partial charge in [-0.3, -0.25) is 9.80 Å². The largest absolute Gasteiger partial charge is 0.465 e. The molecule has 62 heavy (non-hydrogen) atoms. The van der Waals surface area contributed by atoms with Gasteiger partial charge < -0.3 is 24.0 Å². The minimum atomic E-state index is -0.929. The molecule has 1 heterocycles. The van der Waals surface area contributed by atoms with Crippen molar-refractivity contribution in [3.63, 3.8) is 0 Å². The fourth-order valence-electron chi connectivity index (χ4n) is 6.36. The van der Waals surface area contributed by atoms with E-state index in [1.165, 1.54) is 79.8 Å². The van der Waals surface area contributed by atoms with E-state index in [0.717, 1.165) is 29.0 Å². The Morgan fingerprint density at radius 1 is 0.694 bits per heavy atom. The highest BCUT2D eigenvalue weighted by atomic mass is 35.5. The average Bonchev–Trinajstić information content (AvgIpc) is 3.76. The number of hydrogen-bond donors (Lipinski definition) is 0. The van der Waals surface area contributed by atoms with Crippen molar-refractivity contribution in [1.82, 2.24) is 9.80 Å². The monoisotopic (exact) mass is 896 g/mol. The van der Waals surface area contributed by atoms with Crippen LogP contribution in [0.3, 0.4) is 0 Å². The molecule has 0 N–H and O–H groups in total. The predicted octanol–water partition coefficient (Wildman–Crippen LogP) is 10.1. The Hall–Kier alpha value is -6.16. The molecular weight excluding hydrogens is 855 g/mol. The van der Waals surface area contributed by atoms with Crippen molar-refractivity contribution in [1.29, 1.82) is 0 Å². The van der Waals surface area contributed by atoms with E-state index in [1.807, 2.05) is 25.9 Å². The first-order valence-electron chi connectivity index (χ1n) is 18.9. The van der Waals surface area contributed by atoms with Crippen LogP contribution < -0.4 is 14.5 Å². The van der Waals surface area contributed by atoms with Crippen LogP contribution in [0.15, 0.2) is 97.1 Å². The number of nitrogens with zero attached hydrogens (tertiary/aromatic N) is 4. The molecule has 0 saturated carbocycles. The minimum absolute atomic E-state index is 0.00599. The highest BCUT2D eigenvalue weighted by Crippen LogP contribution is 2.31. The van der Waals surface area contributed by atoms with Crippen molar-refractivity contribution in [2.24, 2.45) is 0 Å². The van der Waals surface area contributed by atoms with Gasteiger partial charge in [0.25, 0.3) is 0 Å². The van der Waals surface area contributed by atoms with Gasteiger partial charge in [0.15, 0.2) is 11.6 Å². The van der Waals surface area contributed by atoms with Crippen molar-refractivity contribution in [2.45, 2.75) is 32.5 Å². The van der Waals surface area contributed by atoms with Crippen LogP contribution >= 0.6 is 23.2 Å². The molecule has 0 spiro atoms. The molecule has 1 fully saturated rings. The summed E-state index contributed by atoms with van der Waals surface area (Å²) in [6, 6.07) is 22.4. The van der Waals surface area contributed by atoms with E-state index in [-0.39, 0.29) is 68.6 Å². The lowest BCUT2D eigenvalue weighted by atomic mass is 10.1. The number of carbonyl (C=O) groups excluding carboxylic acids is 4. The summed E-state index contributed by atoms with van der Waals surface area (Å²) in [6.07, 6.45) is -0.145. The summed E-state index contributed by atoms with van der Waals surface area (Å²) in [6.45, 7) is 2.26. The maximum Gasteiger partial charge on any atom is 0.420 e. The fraction of sp³-hybridized carbons (Fsp3) is 0.244. The second-order valence-corrected chi connectivity index (χ2v) is 15.0. The number of amides is 3. The Morgan fingerprint density at radius 2 is 1.18 bits per heavy atom. The summed E-state index contributed by atoms with van der Waals surface area (Å²) in [5.41, 5.74) is 0.959. The number of hydrogen-bond acceptors (Lipinski definition) is 8. The Kier molecular flexibility index (Phi) is 15.9. The second kappa shape index (κ2) is 21.1. The number of benzene rings is 5. The maximum atomic E-state index is 14.8. The van der Waals surface area contributed by atoms with Crippen molar-refractivity contribution >= 4 is 58.6 Å². The molecule has 3 amide bonds. The van der Waals surface area contributed by atoms with Crippen LogP contribution in [0, 0.1) is 30.2 Å². The zero-order chi connectivity index (χ0) is 45.2. The standard InChI is InChI=1S/C23H18ClF2NO4.C22H24ClF2N3O3/c1-14-6-10-17(11-7-14)31-23(29)27(20-5-3-4-18(24)21(20)26)13-16-9-8-15(12-19(16)25)22(28)30-2;1-26(2)16-9-10-27(13-16)22(30)28(19-6-4-5-17(23)20(19)25)12-15-8-7-14(11-18(15)24)21(29)31-3/h3-12H,13H2,1-2H3;4-8,11,16H,9-10,12-13H2,1-3H3/t;16-/m.0/s1. The van der Waals surface area contributed by atoms with Gasteiger partial charge in [-0.25, -0.2) is 36.7 Å². The third kappa shape index (κ3) is 11.4. The molecule has 5 aromatic rings. The summed E-state index contributed by atoms with van der Waals surface area (Å²) in [5, 5.41) is -0.337. The van der Waals surface area contributed by atoms with Crippen molar-refractivity contribution in [3.05, 3.63) is 158 Å². The van der Waals surface area contributed by atoms with E-state index < -0.39 is 47.3 Å². The first-order chi connectivity index (χ1) is 29.5. The van der Waals surface area contributed by atoms with Gasteiger partial charge in [0.05, 0.1) is 59.9 Å². The number of rotatable bonds is 10. The summed E-state index contributed by atoms with van der Waals surface area (Å²) in [7, 11) is 6.25. The normalized spacial score (nSPS) is 13.2. The van der Waals surface area contributed by atoms with E-state index >= 15 is 0 Å². The topological polar surface area (TPSA) is 109 Å². The van der Waals surface area contributed by atoms with Gasteiger partial charge >= 0.3 is 24.1 Å². The highest BCUT2D eigenvalue weighted by Gasteiger charge is 2.33. The van der Waals surface area contributed by atoms with E-state index in [9.17, 15) is 36.7 Å². The summed E-state index contributed by atoms with van der Waals surface area (Å²) < 4.78 is 73.4. The zero-order valence-electron chi connectivity index (χ0n) is 34.3. The van der Waals surface area contributed by atoms with Crippen LogP contribution in [0.2, 0.25) is 10.0 Å². The van der Waals surface area contributed by atoms with E-state index in [2.05, 4.69) is 9.47 Å². The van der Waals surface area contributed by atoms with Crippen LogP contribution in [-0.4, -0.2) is 81.3 Å². The van der Waals surface area contributed by atoms with E-state index in [0.29, 0.717) is 13.1 Å². The van der Waals surface area contributed by atoms with Crippen LogP contribution in [-0.2, 0) is 22.6 Å². The van der Waals surface area contributed by atoms with Crippen LogP contribution in [0.1, 0.15) is 43.8 Å². The first-order valence-corrected chi connectivity index (χ1v) is 19.7. The number of likely N-dealkylation sites (tertiary alicyclic amines) is 1. The molecule has 0 aromatic heterocycles. The lowest BCUT2D eigenvalue weighted by Crippen LogP contribution is -2.43. The molecule has 1 aliphatic heterocycles. The lowest BCUT2D eigenvalue weighted by molar-refractivity contribution is 0.0591. The average molecular weight is 898 g/mol. The van der Waals surface area contributed by atoms with Gasteiger partial charge in [0, 0.05) is 30.3 Å². The Labute approximate surface area is 365 Å². The first kappa shape index (κ1) is 46.9. The number of likely N-dealkylation sites (N-methyl/N-ethyl adjacent to an activating group) is 1. The Morgan fingerprint density at radius 3 is 1.63 bits per heavy atom. The molecule has 1 saturated heterocycles. The summed E-state index contributed by atoms with van der Waals surface area (Å²) in [4.78, 5) is 55.2. The van der Waals surface area contributed by atoms with Gasteiger partial charge in [-0.2, -0.15) is 0 Å². The number of methoxy groups -OCH3 is 2. The SMILES string of the molecule is COC(=O)c1ccc(CN(C(=O)N2CC[C@H](N(C)C)C2)c2cccc(Cl)c2F)c(F)c1.COC(=O)c1ccc(CN(C(=O)Oc2ccc(C)cc2)c2cccc(Cl)c2F)c(F)c1. The molecule has 0 unspecified atom stereocenters. The number of ether oxygens (including phenoxy) is 3. The smallest absolute Gasteiger partial charge is 0.420 e. The van der Waals surface area contributed by atoms with Crippen LogP contribution in [0.25, 0.3) is 0 Å². The van der Waals surface area contributed by atoms with Crippen LogP contribution in [0.4, 0.5) is 38.5 Å². The predicted molar refractivity (Wildman–Crippen MR) is 227 cm³/mol. The number of aryl methyl sites for hydroxylation is 1. The number of esters is 2. The third-order valence-corrected chi connectivity index (χ3v) is 10.5. The Balaban J connectivity index is 0.000000234. The van der Waals surface area contributed by atoms with Crippen molar-refractivity contribution < 1.29 is 51.0 Å². The van der Waals surface area contributed by atoms with Gasteiger partial charge in [0.2, 0.25) is 0 Å². The minimum Gasteiger partial charge on any atom is -0.465 e. The van der Waals surface area contributed by atoms with Gasteiger partial charge in [-0.1, -0.05) is 65.2 Å². The van der Waals surface area contributed by atoms with E-state index in [1.54, 1.807) is 29.2 Å². The zero-order valence-corrected chi connectivity index (χ0v) is 35.8. The highest BCUT2D eigenvalue weighted by molar-refractivity contribution is 6.31. The molecule has 326 valence electrons. The maximum absolute atomic E-state index is 14.8. The molecule has 1 aliphatic rings. The number of halogens is 6. The van der Waals surface area contributed by atoms with Gasteiger partial charge in [-0.15, -0.1) is 0 Å². The lowest BCUT2D eigenvalue weighted by Gasteiger charge is -2.29. The molecule has 0 radical (unpaired) electrons. The third-order valence-electron chi connectivity index (χ3n) is 9.89. The molecular formula is C45H42Cl2F4N4O7. The quantitative estimate of drug-likeness (QED) is 0.101. The van der Waals surface area contributed by atoms with Crippen molar-refractivity contribution in [3.8, 4) is 5.75 Å². The van der Waals surface area contributed by atoms with Crippen molar-refractivity contribution in [2.75, 3.05) is 51.2 Å². The number of carbonyl (C=O) groups is 4. The van der Waals surface area contributed by atoms with Crippen LogP contribution in [0.5, 0.6) is 5.75 Å². The summed E-state index contributed by atoms with van der Waals surface area (Å²) in [5.74, 6) is -4.21. The molecule has 0 aliphatic carbocycles. The molecule has 5 aromatic carbocycles. The van der Waals surface area contributed by atoms with Gasteiger partial charge in [-0.05, 0) is 88.1 Å². The summed E-state index contributed by atoms with van der Waals surface area (Å²) >= 11 is 11.8. The fourth-order valence-corrected chi connectivity index (χ4v) is 6.70. The molecule has 1 atom stereocenters. The van der Waals surface area contributed by atoms with E-state index in [4.69, 9.17) is 27.9 Å². The molecule has 17 heteroatoms. The molecule has 6 rings (SSSR count). The second-order valence-electron chi connectivity index (χ2n) is 14.2. The molecule has 11 nitrogen and oxygen atoms in total. The Bertz CT molecular complexity index is 2440. The number of anilines is 2. The number of urea groups is 1. The van der Waals surface area contributed by atoms with Gasteiger partial charge in [0.1, 0.15) is 17.4 Å².